The van der Waals surface area contributed by atoms with Gasteiger partial charge in [-0.1, -0.05) is 29.8 Å². The van der Waals surface area contributed by atoms with Gasteiger partial charge in [0.25, 0.3) is 5.91 Å². The highest BCUT2D eigenvalue weighted by molar-refractivity contribution is 7.98. The van der Waals surface area contributed by atoms with Crippen LogP contribution in [0.2, 0.25) is 5.02 Å². The summed E-state index contributed by atoms with van der Waals surface area (Å²) in [6.45, 7) is 0.312. The molecule has 1 atom stereocenters. The number of methoxy groups -OCH3 is 1. The molecule has 0 aromatic heterocycles. The molecule has 2 amide bonds. The molecule has 0 aliphatic carbocycles. The van der Waals surface area contributed by atoms with Crippen molar-refractivity contribution in [2.75, 3.05) is 19.1 Å². The fourth-order valence-corrected chi connectivity index (χ4v) is 3.11. The van der Waals surface area contributed by atoms with Crippen molar-refractivity contribution < 1.29 is 14.3 Å². The van der Waals surface area contributed by atoms with E-state index in [1.807, 2.05) is 24.5 Å². The predicted molar refractivity (Wildman–Crippen MR) is 111 cm³/mol. The average molecular weight is 407 g/mol. The summed E-state index contributed by atoms with van der Waals surface area (Å²) in [5.74, 6) is 0.901. The first-order valence-corrected chi connectivity index (χ1v) is 10.3. The molecule has 144 valence electrons. The number of nitrogens with one attached hydrogen (secondary N) is 2. The van der Waals surface area contributed by atoms with Gasteiger partial charge in [-0.15, -0.1) is 0 Å². The number of rotatable bonds is 9. The summed E-state index contributed by atoms with van der Waals surface area (Å²) >= 11 is 7.75. The van der Waals surface area contributed by atoms with Crippen LogP contribution in [0.1, 0.15) is 22.3 Å². The number of carbonyl (C=O) groups excluding carboxylic acids is 2. The number of carbonyl (C=O) groups is 2. The lowest BCUT2D eigenvalue weighted by Gasteiger charge is -2.18. The summed E-state index contributed by atoms with van der Waals surface area (Å²) in [6, 6.07) is 13.5. The van der Waals surface area contributed by atoms with E-state index in [4.69, 9.17) is 16.3 Å². The van der Waals surface area contributed by atoms with Crippen LogP contribution in [0.3, 0.4) is 0 Å². The van der Waals surface area contributed by atoms with Gasteiger partial charge in [0.15, 0.2) is 0 Å². The summed E-state index contributed by atoms with van der Waals surface area (Å²) in [5.41, 5.74) is 1.31. The molecule has 0 spiro atoms. The molecule has 5 nitrogen and oxygen atoms in total. The van der Waals surface area contributed by atoms with E-state index in [1.165, 1.54) is 0 Å². The van der Waals surface area contributed by atoms with Crippen molar-refractivity contribution in [2.24, 2.45) is 0 Å². The minimum absolute atomic E-state index is 0.231. The van der Waals surface area contributed by atoms with Crippen molar-refractivity contribution in [3.8, 4) is 5.75 Å². The number of hydrogen-bond acceptors (Lipinski definition) is 4. The van der Waals surface area contributed by atoms with Gasteiger partial charge in [-0.2, -0.15) is 11.8 Å². The second-order valence-corrected chi connectivity index (χ2v) is 7.24. The summed E-state index contributed by atoms with van der Waals surface area (Å²) < 4.78 is 5.10. The van der Waals surface area contributed by atoms with Gasteiger partial charge < -0.3 is 15.4 Å². The Hall–Kier alpha value is -2.18. The molecule has 2 N–H and O–H groups in total. The molecule has 0 radical (unpaired) electrons. The van der Waals surface area contributed by atoms with E-state index in [1.54, 1.807) is 49.2 Å². The lowest BCUT2D eigenvalue weighted by molar-refractivity contribution is -0.123. The molecule has 2 rings (SSSR count). The topological polar surface area (TPSA) is 67.4 Å². The zero-order valence-electron chi connectivity index (χ0n) is 15.3. The van der Waals surface area contributed by atoms with E-state index in [-0.39, 0.29) is 11.8 Å². The number of amides is 2. The van der Waals surface area contributed by atoms with Gasteiger partial charge in [-0.25, -0.2) is 0 Å². The van der Waals surface area contributed by atoms with Gasteiger partial charge >= 0.3 is 0 Å². The third kappa shape index (κ3) is 6.48. The zero-order valence-corrected chi connectivity index (χ0v) is 16.9. The minimum Gasteiger partial charge on any atom is -0.497 e. The maximum Gasteiger partial charge on any atom is 0.251 e. The molecule has 0 aliphatic heterocycles. The fraction of sp³-hybridized carbons (Fsp3) is 0.300. The first-order chi connectivity index (χ1) is 13.0. The number of halogens is 1. The quantitative estimate of drug-likeness (QED) is 0.668. The first kappa shape index (κ1) is 21.1. The molecule has 0 aliphatic rings. The van der Waals surface area contributed by atoms with Crippen LogP contribution in [0, 0.1) is 0 Å². The van der Waals surface area contributed by atoms with Crippen LogP contribution in [0.4, 0.5) is 0 Å². The third-order valence-electron chi connectivity index (χ3n) is 4.00. The number of thioether (sulfide) groups is 1. The highest BCUT2D eigenvalue weighted by atomic mass is 35.5. The van der Waals surface area contributed by atoms with E-state index < -0.39 is 6.04 Å². The first-order valence-electron chi connectivity index (χ1n) is 8.50. The van der Waals surface area contributed by atoms with E-state index in [9.17, 15) is 9.59 Å². The van der Waals surface area contributed by atoms with Crippen LogP contribution >= 0.6 is 23.4 Å². The Kier molecular flexibility index (Phi) is 8.48. The number of ether oxygens (including phenoxy) is 1. The summed E-state index contributed by atoms with van der Waals surface area (Å²) in [4.78, 5) is 25.1. The third-order valence-corrected chi connectivity index (χ3v) is 5.01. The van der Waals surface area contributed by atoms with Crippen LogP contribution in [-0.2, 0) is 11.3 Å². The van der Waals surface area contributed by atoms with Crippen molar-refractivity contribution in [2.45, 2.75) is 19.0 Å². The SMILES string of the molecule is COc1ccc(C(=O)N[C@@H](CCSC)C(=O)NCc2ccccc2Cl)cc1. The molecular weight excluding hydrogens is 384 g/mol. The van der Waals surface area contributed by atoms with E-state index in [0.717, 1.165) is 11.3 Å². The van der Waals surface area contributed by atoms with Crippen LogP contribution in [0.25, 0.3) is 0 Å². The predicted octanol–water partition coefficient (Wildman–Crippen LogP) is 3.52. The highest BCUT2D eigenvalue weighted by Gasteiger charge is 2.21. The molecule has 0 fully saturated rings. The van der Waals surface area contributed by atoms with Crippen molar-refractivity contribution in [3.63, 3.8) is 0 Å². The van der Waals surface area contributed by atoms with Crippen LogP contribution in [0.5, 0.6) is 5.75 Å². The number of hydrogen-bond donors (Lipinski definition) is 2. The van der Waals surface area contributed by atoms with E-state index in [2.05, 4.69) is 10.6 Å². The molecule has 0 bridgehead atoms. The lowest BCUT2D eigenvalue weighted by Crippen LogP contribution is -2.46. The van der Waals surface area contributed by atoms with Gasteiger partial charge in [-0.3, -0.25) is 9.59 Å². The lowest BCUT2D eigenvalue weighted by atomic mass is 10.1. The van der Waals surface area contributed by atoms with E-state index >= 15 is 0 Å². The largest absolute Gasteiger partial charge is 0.497 e. The Morgan fingerprint density at radius 1 is 1.15 bits per heavy atom. The molecule has 0 saturated heterocycles. The van der Waals surface area contributed by atoms with Gasteiger partial charge in [-0.05, 0) is 54.3 Å². The summed E-state index contributed by atoms with van der Waals surface area (Å²) in [5, 5.41) is 6.27. The van der Waals surface area contributed by atoms with Gasteiger partial charge in [0.05, 0.1) is 7.11 Å². The van der Waals surface area contributed by atoms with Crippen LogP contribution in [-0.4, -0.2) is 37.0 Å². The standard InChI is InChI=1S/C20H23ClN2O3S/c1-26-16-9-7-14(8-10-16)19(24)23-18(11-12-27-2)20(25)22-13-15-5-3-4-6-17(15)21/h3-10,18H,11-13H2,1-2H3,(H,22,25)(H,23,24)/t18-/m0/s1. The average Bonchev–Trinajstić information content (AvgIpc) is 2.70. The van der Waals surface area contributed by atoms with Crippen LogP contribution in [0.15, 0.2) is 48.5 Å². The zero-order chi connectivity index (χ0) is 19.6. The van der Waals surface area contributed by atoms with Gasteiger partial charge in [0, 0.05) is 17.1 Å². The molecule has 0 unspecified atom stereocenters. The van der Waals surface area contributed by atoms with Crippen molar-refractivity contribution >= 4 is 35.2 Å². The smallest absolute Gasteiger partial charge is 0.251 e. The van der Waals surface area contributed by atoms with Gasteiger partial charge in [0.1, 0.15) is 11.8 Å². The Morgan fingerprint density at radius 3 is 2.48 bits per heavy atom. The Bertz CT molecular complexity index is 768. The van der Waals surface area contributed by atoms with Crippen LogP contribution < -0.4 is 15.4 Å². The Labute approximate surface area is 168 Å². The molecular formula is C20H23ClN2O3S. The Balaban J connectivity index is 2.00. The van der Waals surface area contributed by atoms with Crippen molar-refractivity contribution in [1.29, 1.82) is 0 Å². The number of benzene rings is 2. The molecule has 27 heavy (non-hydrogen) atoms. The fourth-order valence-electron chi connectivity index (χ4n) is 2.44. The second kappa shape index (κ2) is 10.8. The molecule has 2 aromatic carbocycles. The normalized spacial score (nSPS) is 11.5. The summed E-state index contributed by atoms with van der Waals surface area (Å²) in [6.07, 6.45) is 2.50. The molecule has 0 saturated carbocycles. The Morgan fingerprint density at radius 2 is 1.85 bits per heavy atom. The summed E-state index contributed by atoms with van der Waals surface area (Å²) in [7, 11) is 1.57. The van der Waals surface area contributed by atoms with Gasteiger partial charge in [0.2, 0.25) is 5.91 Å². The molecule has 7 heteroatoms. The highest BCUT2D eigenvalue weighted by Crippen LogP contribution is 2.15. The maximum atomic E-state index is 12.6. The van der Waals surface area contributed by atoms with Crippen molar-refractivity contribution in [1.82, 2.24) is 10.6 Å². The minimum atomic E-state index is -0.616. The molecule has 0 heterocycles. The van der Waals surface area contributed by atoms with Crippen molar-refractivity contribution in [3.05, 3.63) is 64.7 Å². The molecule has 2 aromatic rings. The monoisotopic (exact) mass is 406 g/mol. The maximum absolute atomic E-state index is 12.6. The second-order valence-electron chi connectivity index (χ2n) is 5.85. The van der Waals surface area contributed by atoms with E-state index in [0.29, 0.717) is 29.3 Å².